The van der Waals surface area contributed by atoms with Gasteiger partial charge in [0.25, 0.3) is 0 Å². The second kappa shape index (κ2) is 5.50. The summed E-state index contributed by atoms with van der Waals surface area (Å²) in [6, 6.07) is 12.8. The highest BCUT2D eigenvalue weighted by molar-refractivity contribution is 7.89. The minimum Gasteiger partial charge on any atom is -0.384 e. The summed E-state index contributed by atoms with van der Waals surface area (Å²) in [7, 11) is -0.487. The van der Waals surface area contributed by atoms with Crippen LogP contribution in [0, 0.1) is 0 Å². The topological polar surface area (TPSA) is 57.6 Å². The lowest BCUT2D eigenvalue weighted by molar-refractivity contribution is 0.219. The van der Waals surface area contributed by atoms with Crippen LogP contribution in [0.2, 0.25) is 0 Å². The summed E-state index contributed by atoms with van der Waals surface area (Å²) in [5, 5.41) is 10.7. The molecule has 0 aromatic heterocycles. The van der Waals surface area contributed by atoms with Crippen LogP contribution >= 0.6 is 0 Å². The lowest BCUT2D eigenvalue weighted by Crippen LogP contribution is -2.22. The van der Waals surface area contributed by atoms with E-state index < -0.39 is 16.1 Å². The van der Waals surface area contributed by atoms with Gasteiger partial charge in [-0.1, -0.05) is 30.3 Å². The van der Waals surface area contributed by atoms with Crippen LogP contribution in [0.4, 0.5) is 0 Å². The molecular weight excluding hydrogens is 298 g/mol. The molecule has 1 aliphatic rings. The van der Waals surface area contributed by atoms with E-state index in [9.17, 15) is 13.5 Å². The Labute approximate surface area is 131 Å². The summed E-state index contributed by atoms with van der Waals surface area (Å²) in [5.41, 5.74) is 3.66. The molecule has 0 aliphatic heterocycles. The Hall–Kier alpha value is -1.69. The highest BCUT2D eigenvalue weighted by Gasteiger charge is 2.25. The van der Waals surface area contributed by atoms with Crippen LogP contribution in [0.5, 0.6) is 0 Å². The lowest BCUT2D eigenvalue weighted by atomic mass is 9.97. The molecule has 1 aliphatic carbocycles. The van der Waals surface area contributed by atoms with Gasteiger partial charge in [0.05, 0.1) is 4.90 Å². The molecule has 0 heterocycles. The molecule has 1 atom stereocenters. The van der Waals surface area contributed by atoms with Crippen molar-refractivity contribution in [1.82, 2.24) is 4.31 Å². The number of aryl methyl sites for hydroxylation is 2. The number of rotatable bonds is 2. The highest BCUT2D eigenvalue weighted by Crippen LogP contribution is 2.33. The molecule has 1 unspecified atom stereocenters. The molecule has 2 aromatic carbocycles. The summed E-state index contributed by atoms with van der Waals surface area (Å²) < 4.78 is 25.8. The van der Waals surface area contributed by atoms with Gasteiger partial charge in [0.1, 0.15) is 6.10 Å². The van der Waals surface area contributed by atoms with Gasteiger partial charge in [0.15, 0.2) is 0 Å². The quantitative estimate of drug-likeness (QED) is 0.923. The van der Waals surface area contributed by atoms with Crippen molar-refractivity contribution >= 4 is 10.0 Å². The third-order valence-corrected chi connectivity index (χ3v) is 6.01. The number of hydrogen-bond donors (Lipinski definition) is 1. The summed E-state index contributed by atoms with van der Waals surface area (Å²) >= 11 is 0. The van der Waals surface area contributed by atoms with Crippen molar-refractivity contribution in [2.45, 2.75) is 23.8 Å². The molecule has 0 saturated carbocycles. The molecular formula is C17H19NO3S. The first kappa shape index (κ1) is 15.2. The standard InChI is InChI=1S/C17H19NO3S/c1-18(2)22(20,21)14-10-9-13-8-7-12-5-3-4-6-15(12)17(19)16(13)11-14/h3-6,9-11,17,19H,7-8H2,1-2H3. The van der Waals surface area contributed by atoms with E-state index in [1.54, 1.807) is 12.1 Å². The van der Waals surface area contributed by atoms with Crippen molar-refractivity contribution in [3.05, 3.63) is 64.7 Å². The molecule has 116 valence electrons. The first-order valence-corrected chi connectivity index (χ1v) is 8.66. The third kappa shape index (κ3) is 2.45. The van der Waals surface area contributed by atoms with Gasteiger partial charge in [0, 0.05) is 14.1 Å². The maximum Gasteiger partial charge on any atom is 0.242 e. The van der Waals surface area contributed by atoms with Crippen molar-refractivity contribution in [3.63, 3.8) is 0 Å². The SMILES string of the molecule is CN(C)S(=O)(=O)c1ccc2c(c1)C(O)c1ccccc1CC2. The molecule has 5 heteroatoms. The van der Waals surface area contributed by atoms with Gasteiger partial charge in [-0.25, -0.2) is 12.7 Å². The minimum absolute atomic E-state index is 0.217. The summed E-state index contributed by atoms with van der Waals surface area (Å²) in [6.45, 7) is 0. The average molecular weight is 317 g/mol. The van der Waals surface area contributed by atoms with Gasteiger partial charge in [-0.05, 0) is 47.2 Å². The zero-order chi connectivity index (χ0) is 15.9. The van der Waals surface area contributed by atoms with E-state index in [1.807, 2.05) is 30.3 Å². The number of nitrogens with zero attached hydrogens (tertiary/aromatic N) is 1. The molecule has 0 saturated heterocycles. The Morgan fingerprint density at radius 2 is 1.64 bits per heavy atom. The Balaban J connectivity index is 2.14. The number of hydrogen-bond acceptors (Lipinski definition) is 3. The van der Waals surface area contributed by atoms with Gasteiger partial charge >= 0.3 is 0 Å². The van der Waals surface area contributed by atoms with Crippen molar-refractivity contribution in [3.8, 4) is 0 Å². The first-order chi connectivity index (χ1) is 10.4. The number of benzene rings is 2. The maximum absolute atomic E-state index is 12.3. The third-order valence-electron chi connectivity index (χ3n) is 4.20. The van der Waals surface area contributed by atoms with Crippen molar-refractivity contribution in [2.75, 3.05) is 14.1 Å². The van der Waals surface area contributed by atoms with E-state index >= 15 is 0 Å². The van der Waals surface area contributed by atoms with Gasteiger partial charge in [-0.3, -0.25) is 0 Å². The molecule has 0 bridgehead atoms. The number of aliphatic hydroxyl groups is 1. The molecule has 22 heavy (non-hydrogen) atoms. The van der Waals surface area contributed by atoms with Crippen LogP contribution < -0.4 is 0 Å². The zero-order valence-corrected chi connectivity index (χ0v) is 13.5. The van der Waals surface area contributed by atoms with Gasteiger partial charge in [-0.2, -0.15) is 0 Å². The first-order valence-electron chi connectivity index (χ1n) is 7.22. The zero-order valence-electron chi connectivity index (χ0n) is 12.7. The molecule has 4 nitrogen and oxygen atoms in total. The monoisotopic (exact) mass is 317 g/mol. The number of fused-ring (bicyclic) bond motifs is 2. The summed E-state index contributed by atoms with van der Waals surface area (Å²) in [6.07, 6.45) is 0.858. The Morgan fingerprint density at radius 1 is 1.00 bits per heavy atom. The molecule has 1 N–H and O–H groups in total. The molecule has 0 spiro atoms. The minimum atomic E-state index is -3.50. The maximum atomic E-state index is 12.3. The van der Waals surface area contributed by atoms with E-state index in [0.29, 0.717) is 5.56 Å². The molecule has 2 aromatic rings. The Morgan fingerprint density at radius 3 is 2.32 bits per heavy atom. The lowest BCUT2D eigenvalue weighted by Gasteiger charge is -2.17. The van der Waals surface area contributed by atoms with Gasteiger partial charge in [0.2, 0.25) is 10.0 Å². The Bertz CT molecular complexity index is 812. The smallest absolute Gasteiger partial charge is 0.242 e. The second-order valence-corrected chi connectivity index (χ2v) is 7.90. The number of sulfonamides is 1. The van der Waals surface area contributed by atoms with Crippen LogP contribution in [0.1, 0.15) is 28.4 Å². The molecule has 0 amide bonds. The highest BCUT2D eigenvalue weighted by atomic mass is 32.2. The second-order valence-electron chi connectivity index (χ2n) is 5.75. The van der Waals surface area contributed by atoms with Crippen molar-refractivity contribution < 1.29 is 13.5 Å². The summed E-state index contributed by atoms with van der Waals surface area (Å²) in [4.78, 5) is 0.217. The average Bonchev–Trinajstić information content (AvgIpc) is 2.65. The van der Waals surface area contributed by atoms with Gasteiger partial charge in [-0.15, -0.1) is 0 Å². The van der Waals surface area contributed by atoms with E-state index in [0.717, 1.165) is 29.5 Å². The van der Waals surface area contributed by atoms with Crippen LogP contribution in [0.25, 0.3) is 0 Å². The summed E-state index contributed by atoms with van der Waals surface area (Å²) in [5.74, 6) is 0. The van der Waals surface area contributed by atoms with E-state index in [-0.39, 0.29) is 4.90 Å². The van der Waals surface area contributed by atoms with Gasteiger partial charge < -0.3 is 5.11 Å². The van der Waals surface area contributed by atoms with Crippen molar-refractivity contribution in [1.29, 1.82) is 0 Å². The Kier molecular flexibility index (Phi) is 3.80. The molecule has 3 rings (SSSR count). The normalized spacial score (nSPS) is 17.7. The fraction of sp³-hybridized carbons (Fsp3) is 0.294. The van der Waals surface area contributed by atoms with E-state index in [4.69, 9.17) is 0 Å². The van der Waals surface area contributed by atoms with Crippen LogP contribution in [-0.4, -0.2) is 31.9 Å². The van der Waals surface area contributed by atoms with Crippen LogP contribution in [0.3, 0.4) is 0 Å². The number of aliphatic hydroxyl groups excluding tert-OH is 1. The van der Waals surface area contributed by atoms with Crippen LogP contribution in [0.15, 0.2) is 47.4 Å². The molecule has 0 fully saturated rings. The molecule has 0 radical (unpaired) electrons. The largest absolute Gasteiger partial charge is 0.384 e. The predicted octanol–water partition coefficient (Wildman–Crippen LogP) is 2.12. The van der Waals surface area contributed by atoms with E-state index in [2.05, 4.69) is 0 Å². The fourth-order valence-electron chi connectivity index (χ4n) is 2.89. The fourth-order valence-corrected chi connectivity index (χ4v) is 3.83. The van der Waals surface area contributed by atoms with Crippen LogP contribution in [-0.2, 0) is 22.9 Å². The van der Waals surface area contributed by atoms with E-state index in [1.165, 1.54) is 18.4 Å². The predicted molar refractivity (Wildman–Crippen MR) is 85.2 cm³/mol. The van der Waals surface area contributed by atoms with Crippen molar-refractivity contribution in [2.24, 2.45) is 0 Å².